The lowest BCUT2D eigenvalue weighted by molar-refractivity contribution is -0.124. The normalized spacial score (nSPS) is 20.9. The lowest BCUT2D eigenvalue weighted by atomic mass is 9.79. The number of hydrogen-bond acceptors (Lipinski definition) is 8. The summed E-state index contributed by atoms with van der Waals surface area (Å²) in [6, 6.07) is 14.7. The van der Waals surface area contributed by atoms with Gasteiger partial charge < -0.3 is 9.84 Å². The molecule has 2 aromatic carbocycles. The third-order valence-corrected chi connectivity index (χ3v) is 16.8. The van der Waals surface area contributed by atoms with Gasteiger partial charge in [0.2, 0.25) is 0 Å². The van der Waals surface area contributed by atoms with E-state index in [9.17, 15) is 31.2 Å². The highest BCUT2D eigenvalue weighted by atomic mass is 32.2. The van der Waals surface area contributed by atoms with Crippen LogP contribution in [-0.4, -0.2) is 67.1 Å². The Labute approximate surface area is 331 Å². The zero-order valence-corrected chi connectivity index (χ0v) is 35.9. The third kappa shape index (κ3) is 14.8. The van der Waals surface area contributed by atoms with Crippen LogP contribution in [-0.2, 0) is 42.1 Å². The van der Waals surface area contributed by atoms with Crippen molar-refractivity contribution < 1.29 is 41.1 Å². The van der Waals surface area contributed by atoms with E-state index in [1.807, 2.05) is 30.3 Å². The molecule has 2 aliphatic rings. The van der Waals surface area contributed by atoms with Crippen LogP contribution < -0.4 is 4.74 Å². The molecule has 0 aliphatic heterocycles. The Balaban J connectivity index is 0.000000296. The smallest absolute Gasteiger partial charge is 0.335 e. The summed E-state index contributed by atoms with van der Waals surface area (Å²) in [6.07, 6.45) is 9.58. The molecule has 0 heterocycles. The molecule has 4 rings (SSSR count). The first-order valence-corrected chi connectivity index (χ1v) is 23.5. The zero-order chi connectivity index (χ0) is 41.0. The van der Waals surface area contributed by atoms with Gasteiger partial charge in [-0.25, -0.2) is 21.6 Å². The van der Waals surface area contributed by atoms with E-state index in [0.29, 0.717) is 31.7 Å². The number of aryl methyl sites for hydroxylation is 2. The maximum atomic E-state index is 12.6. The van der Waals surface area contributed by atoms with E-state index in [-0.39, 0.29) is 46.5 Å². The summed E-state index contributed by atoms with van der Waals surface area (Å²) < 4.78 is 53.8. The number of ether oxygens (including phenoxy) is 1. The molecule has 0 aromatic heterocycles. The molecule has 0 bridgehead atoms. The minimum absolute atomic E-state index is 0.00115. The molecule has 0 atom stereocenters. The standard InChI is InChI=1S/C23H36O4S.C21H30O5S/c1-5-15-27-21-8-6-7-18(16-21)11-14-22(24)20-12-9-19(10-13-20)17-28(25,26)23(2,3)4;1-21(2,3)27(25,26)14-16-7-10-17(11-8-16)19(22)12-9-15-5-4-6-18(13-15)20(23)24/h6-8,16,19-20H,5,9-15,17H2,1-4H3;4-6,13,16-17H,7-12,14H2,1-3H3,(H,23,24). The van der Waals surface area contributed by atoms with Gasteiger partial charge in [-0.1, -0.05) is 31.2 Å². The van der Waals surface area contributed by atoms with Crippen molar-refractivity contribution in [2.75, 3.05) is 18.1 Å². The maximum Gasteiger partial charge on any atom is 0.335 e. The molecule has 2 aromatic rings. The summed E-state index contributed by atoms with van der Waals surface area (Å²) in [4.78, 5) is 36.2. The first kappa shape index (κ1) is 46.3. The van der Waals surface area contributed by atoms with Gasteiger partial charge in [0.1, 0.15) is 17.3 Å². The molecule has 0 radical (unpaired) electrons. The number of sulfone groups is 2. The number of ketones is 2. The predicted molar refractivity (Wildman–Crippen MR) is 220 cm³/mol. The largest absolute Gasteiger partial charge is 0.494 e. The molecule has 2 aliphatic carbocycles. The van der Waals surface area contributed by atoms with Crippen molar-refractivity contribution in [2.45, 2.75) is 141 Å². The summed E-state index contributed by atoms with van der Waals surface area (Å²) in [5.41, 5.74) is 2.22. The van der Waals surface area contributed by atoms with E-state index in [2.05, 4.69) is 6.92 Å². The van der Waals surface area contributed by atoms with Gasteiger partial charge in [-0.15, -0.1) is 0 Å². The lowest BCUT2D eigenvalue weighted by Crippen LogP contribution is -2.35. The number of Topliss-reactive ketones (excluding diaryl/α,β-unsaturated/α-hetero) is 2. The van der Waals surface area contributed by atoms with E-state index in [4.69, 9.17) is 9.84 Å². The SMILES string of the molecule is CC(C)(C)S(=O)(=O)CC1CCC(C(=O)CCc2cccc(C(=O)O)c2)CC1.CCCOc1cccc(CCC(=O)C2CCC(CS(=O)(=O)C(C)(C)C)CC2)c1. The second kappa shape index (κ2) is 20.4. The van der Waals surface area contributed by atoms with Crippen LogP contribution in [0.5, 0.6) is 5.75 Å². The Kier molecular flexibility index (Phi) is 17.2. The minimum Gasteiger partial charge on any atom is -0.494 e. The number of rotatable bonds is 16. The van der Waals surface area contributed by atoms with Gasteiger partial charge in [-0.3, -0.25) is 9.59 Å². The molecule has 0 saturated heterocycles. The van der Waals surface area contributed by atoms with Crippen molar-refractivity contribution in [3.8, 4) is 5.75 Å². The van der Waals surface area contributed by atoms with Crippen LogP contribution in [0.2, 0.25) is 0 Å². The summed E-state index contributed by atoms with van der Waals surface area (Å²) in [5, 5.41) is 9.04. The molecule has 2 fully saturated rings. The van der Waals surface area contributed by atoms with E-state index in [1.165, 1.54) is 0 Å². The quantitative estimate of drug-likeness (QED) is 0.176. The first-order chi connectivity index (χ1) is 25.6. The first-order valence-electron chi connectivity index (χ1n) is 20.2. The van der Waals surface area contributed by atoms with E-state index in [0.717, 1.165) is 81.1 Å². The van der Waals surface area contributed by atoms with Gasteiger partial charge in [0.25, 0.3) is 0 Å². The van der Waals surface area contributed by atoms with Gasteiger partial charge in [-0.2, -0.15) is 0 Å². The molecule has 2 saturated carbocycles. The van der Waals surface area contributed by atoms with Crippen molar-refractivity contribution in [3.63, 3.8) is 0 Å². The van der Waals surface area contributed by atoms with Crippen LogP contribution >= 0.6 is 0 Å². The second-order valence-corrected chi connectivity index (χ2v) is 23.2. The van der Waals surface area contributed by atoms with Gasteiger partial charge in [0, 0.05) is 24.7 Å². The highest BCUT2D eigenvalue weighted by molar-refractivity contribution is 7.93. The Morgan fingerprint density at radius 3 is 1.47 bits per heavy atom. The third-order valence-electron chi connectivity index (χ3n) is 11.2. The molecule has 0 spiro atoms. The van der Waals surface area contributed by atoms with Crippen molar-refractivity contribution in [1.82, 2.24) is 0 Å². The molecular formula is C44H66O9S2. The number of carboxylic acids is 1. The summed E-state index contributed by atoms with van der Waals surface area (Å²) in [5.74, 6) is 1.31. The van der Waals surface area contributed by atoms with Gasteiger partial charge in [-0.05, 0) is 159 Å². The number of carboxylic acid groups (broad SMARTS) is 1. The number of aromatic carboxylic acids is 1. The fraction of sp³-hybridized carbons (Fsp3) is 0.659. The van der Waals surface area contributed by atoms with E-state index >= 15 is 0 Å². The zero-order valence-electron chi connectivity index (χ0n) is 34.3. The summed E-state index contributed by atoms with van der Waals surface area (Å²) in [7, 11) is -6.21. The average molecular weight is 803 g/mol. The fourth-order valence-electron chi connectivity index (χ4n) is 7.24. The monoisotopic (exact) mass is 802 g/mol. The molecule has 0 unspecified atom stereocenters. The predicted octanol–water partition coefficient (Wildman–Crippen LogP) is 8.90. The molecular weight excluding hydrogens is 737 g/mol. The van der Waals surface area contributed by atoms with Crippen molar-refractivity contribution >= 4 is 37.2 Å². The van der Waals surface area contributed by atoms with E-state index in [1.54, 1.807) is 59.7 Å². The summed E-state index contributed by atoms with van der Waals surface area (Å²) in [6.45, 7) is 13.3. The highest BCUT2D eigenvalue weighted by Crippen LogP contribution is 2.34. The Bertz CT molecular complexity index is 1780. The van der Waals surface area contributed by atoms with Crippen LogP contribution in [0.4, 0.5) is 0 Å². The van der Waals surface area contributed by atoms with E-state index < -0.39 is 35.1 Å². The van der Waals surface area contributed by atoms with Crippen LogP contribution in [0.1, 0.15) is 141 Å². The molecule has 308 valence electrons. The average Bonchev–Trinajstić information content (AvgIpc) is 3.12. The van der Waals surface area contributed by atoms with Crippen molar-refractivity contribution in [2.24, 2.45) is 23.7 Å². The van der Waals surface area contributed by atoms with Gasteiger partial charge >= 0.3 is 5.97 Å². The maximum absolute atomic E-state index is 12.6. The Morgan fingerprint density at radius 1 is 0.655 bits per heavy atom. The number of carbonyl (C=O) groups excluding carboxylic acids is 2. The molecule has 11 heteroatoms. The lowest BCUT2D eigenvalue weighted by Gasteiger charge is -2.30. The fourth-order valence-corrected chi connectivity index (χ4v) is 10.1. The van der Waals surface area contributed by atoms with Crippen LogP contribution in [0.15, 0.2) is 48.5 Å². The second-order valence-electron chi connectivity index (χ2n) is 17.7. The number of benzene rings is 2. The van der Waals surface area contributed by atoms with Crippen molar-refractivity contribution in [3.05, 3.63) is 65.2 Å². The molecule has 1 N–H and O–H groups in total. The van der Waals surface area contributed by atoms with Crippen LogP contribution in [0.25, 0.3) is 0 Å². The molecule has 55 heavy (non-hydrogen) atoms. The topological polar surface area (TPSA) is 149 Å². The number of carbonyl (C=O) groups is 3. The molecule has 0 amide bonds. The summed E-state index contributed by atoms with van der Waals surface area (Å²) >= 11 is 0. The van der Waals surface area contributed by atoms with Crippen molar-refractivity contribution in [1.29, 1.82) is 0 Å². The van der Waals surface area contributed by atoms with Gasteiger partial charge in [0.15, 0.2) is 19.7 Å². The Hall–Kier alpha value is -3.05. The highest BCUT2D eigenvalue weighted by Gasteiger charge is 2.36. The minimum atomic E-state index is -3.13. The Morgan fingerprint density at radius 2 is 1.07 bits per heavy atom. The van der Waals surface area contributed by atoms with Crippen LogP contribution in [0.3, 0.4) is 0 Å². The molecule has 9 nitrogen and oxygen atoms in total. The van der Waals surface area contributed by atoms with Crippen LogP contribution in [0, 0.1) is 23.7 Å². The number of hydrogen-bond donors (Lipinski definition) is 1. The van der Waals surface area contributed by atoms with Gasteiger partial charge in [0.05, 0.1) is 33.2 Å².